The average Bonchev–Trinajstić information content (AvgIpc) is 2.97. The Bertz CT molecular complexity index is 572. The SMILES string of the molecule is O=C(O)c1cc2c(N3CCCC3)nccn2n1. The molecule has 0 aromatic carbocycles. The van der Waals surface area contributed by atoms with Crippen molar-refractivity contribution < 1.29 is 9.90 Å². The molecule has 3 rings (SSSR count). The van der Waals surface area contributed by atoms with Crippen LogP contribution < -0.4 is 4.90 Å². The Balaban J connectivity index is 2.14. The third-order valence-corrected chi connectivity index (χ3v) is 2.99. The number of hydrogen-bond acceptors (Lipinski definition) is 4. The van der Waals surface area contributed by atoms with Crippen LogP contribution in [-0.4, -0.2) is 38.8 Å². The lowest BCUT2D eigenvalue weighted by molar-refractivity contribution is 0.0690. The van der Waals surface area contributed by atoms with Crippen LogP contribution in [0.1, 0.15) is 23.3 Å². The summed E-state index contributed by atoms with van der Waals surface area (Å²) in [5.41, 5.74) is 0.810. The standard InChI is InChI=1S/C11H12N4O2/c16-11(17)8-7-9-10(14-4-1-2-5-14)12-3-6-15(9)13-8/h3,6-7H,1-2,4-5H2,(H,16,17). The number of hydrogen-bond donors (Lipinski definition) is 1. The molecule has 3 heterocycles. The van der Waals surface area contributed by atoms with Gasteiger partial charge in [0.25, 0.3) is 0 Å². The van der Waals surface area contributed by atoms with Crippen molar-refractivity contribution in [1.82, 2.24) is 14.6 Å². The third kappa shape index (κ3) is 1.61. The Morgan fingerprint density at radius 3 is 2.82 bits per heavy atom. The molecule has 0 unspecified atom stereocenters. The van der Waals surface area contributed by atoms with E-state index in [0.717, 1.165) is 37.3 Å². The van der Waals surface area contributed by atoms with Gasteiger partial charge in [-0.3, -0.25) is 0 Å². The third-order valence-electron chi connectivity index (χ3n) is 2.99. The first kappa shape index (κ1) is 10.1. The van der Waals surface area contributed by atoms with Gasteiger partial charge < -0.3 is 10.0 Å². The Hall–Kier alpha value is -2.11. The van der Waals surface area contributed by atoms with Crippen LogP contribution in [0.15, 0.2) is 18.5 Å². The van der Waals surface area contributed by atoms with E-state index >= 15 is 0 Å². The second-order valence-electron chi connectivity index (χ2n) is 4.11. The zero-order chi connectivity index (χ0) is 11.8. The molecule has 6 heteroatoms. The van der Waals surface area contributed by atoms with Crippen LogP contribution in [0.2, 0.25) is 0 Å². The average molecular weight is 232 g/mol. The minimum absolute atomic E-state index is 0.0541. The maximum absolute atomic E-state index is 10.9. The lowest BCUT2D eigenvalue weighted by Gasteiger charge is -2.16. The van der Waals surface area contributed by atoms with Gasteiger partial charge in [0, 0.05) is 31.5 Å². The van der Waals surface area contributed by atoms with Crippen LogP contribution in [0, 0.1) is 0 Å². The number of nitrogens with zero attached hydrogens (tertiary/aromatic N) is 4. The van der Waals surface area contributed by atoms with Gasteiger partial charge in [0.1, 0.15) is 5.52 Å². The van der Waals surface area contributed by atoms with Crippen molar-refractivity contribution in [2.45, 2.75) is 12.8 Å². The topological polar surface area (TPSA) is 70.7 Å². The van der Waals surface area contributed by atoms with Crippen LogP contribution in [-0.2, 0) is 0 Å². The number of aromatic nitrogens is 3. The summed E-state index contributed by atoms with van der Waals surface area (Å²) in [7, 11) is 0. The predicted octanol–water partition coefficient (Wildman–Crippen LogP) is 1.03. The molecule has 0 amide bonds. The quantitative estimate of drug-likeness (QED) is 0.837. The summed E-state index contributed by atoms with van der Waals surface area (Å²) in [6.45, 7) is 1.94. The highest BCUT2D eigenvalue weighted by Gasteiger charge is 2.18. The Kier molecular flexibility index (Phi) is 2.21. The number of carbonyl (C=O) groups is 1. The summed E-state index contributed by atoms with van der Waals surface area (Å²) >= 11 is 0. The van der Waals surface area contributed by atoms with Gasteiger partial charge in [-0.2, -0.15) is 5.10 Å². The number of rotatable bonds is 2. The van der Waals surface area contributed by atoms with Gasteiger partial charge in [-0.15, -0.1) is 0 Å². The molecule has 2 aromatic heterocycles. The fraction of sp³-hybridized carbons (Fsp3) is 0.364. The van der Waals surface area contributed by atoms with Crippen LogP contribution in [0.25, 0.3) is 5.52 Å². The number of aromatic carboxylic acids is 1. The zero-order valence-corrected chi connectivity index (χ0v) is 9.20. The van der Waals surface area contributed by atoms with E-state index in [9.17, 15) is 4.79 Å². The molecule has 1 aliphatic rings. The van der Waals surface area contributed by atoms with Crippen LogP contribution in [0.5, 0.6) is 0 Å². The van der Waals surface area contributed by atoms with Crippen LogP contribution >= 0.6 is 0 Å². The summed E-state index contributed by atoms with van der Waals surface area (Å²) in [5.74, 6) is -0.189. The van der Waals surface area contributed by atoms with Gasteiger partial charge in [0.05, 0.1) is 0 Å². The Morgan fingerprint density at radius 2 is 2.12 bits per heavy atom. The zero-order valence-electron chi connectivity index (χ0n) is 9.20. The summed E-state index contributed by atoms with van der Waals surface area (Å²) in [6.07, 6.45) is 5.63. The van der Waals surface area contributed by atoms with E-state index in [1.807, 2.05) is 0 Å². The lowest BCUT2D eigenvalue weighted by atomic mass is 10.3. The minimum atomic E-state index is -1.01. The molecule has 1 saturated heterocycles. The summed E-state index contributed by atoms with van der Waals surface area (Å²) in [6, 6.07) is 1.57. The van der Waals surface area contributed by atoms with Crippen molar-refractivity contribution in [1.29, 1.82) is 0 Å². The van der Waals surface area contributed by atoms with Gasteiger partial charge in [0.2, 0.25) is 0 Å². The van der Waals surface area contributed by atoms with Crippen molar-refractivity contribution in [2.24, 2.45) is 0 Å². The first-order valence-electron chi connectivity index (χ1n) is 5.58. The minimum Gasteiger partial charge on any atom is -0.476 e. The first-order valence-corrected chi connectivity index (χ1v) is 5.58. The Morgan fingerprint density at radius 1 is 1.35 bits per heavy atom. The van der Waals surface area contributed by atoms with E-state index < -0.39 is 5.97 Å². The van der Waals surface area contributed by atoms with E-state index in [4.69, 9.17) is 5.11 Å². The van der Waals surface area contributed by atoms with Gasteiger partial charge >= 0.3 is 5.97 Å². The van der Waals surface area contributed by atoms with Crippen LogP contribution in [0.3, 0.4) is 0 Å². The number of fused-ring (bicyclic) bond motifs is 1. The molecule has 1 aliphatic heterocycles. The first-order chi connectivity index (χ1) is 8.25. The highest BCUT2D eigenvalue weighted by Crippen LogP contribution is 2.23. The molecule has 2 aromatic rings. The van der Waals surface area contributed by atoms with Crippen LogP contribution in [0.4, 0.5) is 5.82 Å². The molecule has 1 N–H and O–H groups in total. The molecule has 6 nitrogen and oxygen atoms in total. The predicted molar refractivity (Wildman–Crippen MR) is 61.4 cm³/mol. The van der Waals surface area contributed by atoms with E-state index in [2.05, 4.69) is 15.0 Å². The van der Waals surface area contributed by atoms with Gasteiger partial charge in [-0.1, -0.05) is 0 Å². The fourth-order valence-electron chi connectivity index (χ4n) is 2.19. The second-order valence-corrected chi connectivity index (χ2v) is 4.11. The van der Waals surface area contributed by atoms with Crippen molar-refractivity contribution >= 4 is 17.3 Å². The largest absolute Gasteiger partial charge is 0.476 e. The fourth-order valence-corrected chi connectivity index (χ4v) is 2.19. The molecule has 0 atom stereocenters. The molecule has 0 saturated carbocycles. The highest BCUT2D eigenvalue weighted by molar-refractivity contribution is 5.88. The van der Waals surface area contributed by atoms with Crippen molar-refractivity contribution in [3.8, 4) is 0 Å². The lowest BCUT2D eigenvalue weighted by Crippen LogP contribution is -2.19. The molecule has 0 bridgehead atoms. The maximum Gasteiger partial charge on any atom is 0.356 e. The van der Waals surface area contributed by atoms with E-state index in [1.54, 1.807) is 23.0 Å². The molecule has 88 valence electrons. The van der Waals surface area contributed by atoms with E-state index in [1.165, 1.54) is 0 Å². The molecule has 0 radical (unpaired) electrons. The molecule has 0 aliphatic carbocycles. The number of carboxylic acid groups (broad SMARTS) is 1. The molecule has 17 heavy (non-hydrogen) atoms. The van der Waals surface area contributed by atoms with E-state index in [0.29, 0.717) is 0 Å². The van der Waals surface area contributed by atoms with Crippen molar-refractivity contribution in [3.05, 3.63) is 24.2 Å². The number of carboxylic acids is 1. The second kappa shape index (κ2) is 3.73. The molecular weight excluding hydrogens is 220 g/mol. The molecular formula is C11H12N4O2. The highest BCUT2D eigenvalue weighted by atomic mass is 16.4. The van der Waals surface area contributed by atoms with Gasteiger partial charge in [-0.25, -0.2) is 14.3 Å². The summed E-state index contributed by atoms with van der Waals surface area (Å²) in [4.78, 5) is 17.4. The molecule has 0 spiro atoms. The monoisotopic (exact) mass is 232 g/mol. The normalized spacial score (nSPS) is 15.6. The summed E-state index contributed by atoms with van der Waals surface area (Å²) in [5, 5.41) is 12.9. The van der Waals surface area contributed by atoms with Gasteiger partial charge in [0.15, 0.2) is 11.5 Å². The van der Waals surface area contributed by atoms with Gasteiger partial charge in [-0.05, 0) is 12.8 Å². The maximum atomic E-state index is 10.9. The number of anilines is 1. The summed E-state index contributed by atoms with van der Waals surface area (Å²) < 4.78 is 1.57. The smallest absolute Gasteiger partial charge is 0.356 e. The van der Waals surface area contributed by atoms with Crippen molar-refractivity contribution in [2.75, 3.05) is 18.0 Å². The van der Waals surface area contributed by atoms with E-state index in [-0.39, 0.29) is 5.69 Å². The van der Waals surface area contributed by atoms with Crippen molar-refractivity contribution in [3.63, 3.8) is 0 Å². The molecule has 1 fully saturated rings. The Labute approximate surface area is 97.5 Å².